The van der Waals surface area contributed by atoms with Crippen molar-refractivity contribution in [3.8, 4) is 0 Å². The van der Waals surface area contributed by atoms with E-state index < -0.39 is 0 Å². The molecule has 0 aromatic carbocycles. The normalized spacial score (nSPS) is 33.6. The van der Waals surface area contributed by atoms with Gasteiger partial charge in [-0.3, -0.25) is 4.18 Å². The Bertz CT molecular complexity index is 116. The molecule has 0 aromatic heterocycles. The zero-order chi connectivity index (χ0) is 6.69. The maximum absolute atomic E-state index is 5.29. The smallest absolute Gasteiger partial charge is 0.0918 e. The zero-order valence-electron chi connectivity index (χ0n) is 5.21. The van der Waals surface area contributed by atoms with Gasteiger partial charge in [0.05, 0.1) is 15.3 Å². The van der Waals surface area contributed by atoms with E-state index in [1.807, 2.05) is 0 Å². The predicted molar refractivity (Wildman–Crippen MR) is 49.4 cm³/mol. The van der Waals surface area contributed by atoms with Crippen molar-refractivity contribution in [1.82, 2.24) is 0 Å². The van der Waals surface area contributed by atoms with Gasteiger partial charge in [0, 0.05) is 21.2 Å². The van der Waals surface area contributed by atoms with Crippen molar-refractivity contribution in [3.63, 3.8) is 0 Å². The van der Waals surface area contributed by atoms with Crippen LogP contribution in [0.5, 0.6) is 0 Å². The van der Waals surface area contributed by atoms with E-state index in [0.717, 1.165) is 6.42 Å². The van der Waals surface area contributed by atoms with E-state index in [1.165, 1.54) is 9.21 Å². The maximum Gasteiger partial charge on any atom is 0.0918 e. The van der Waals surface area contributed by atoms with Crippen molar-refractivity contribution in [2.75, 3.05) is 0 Å². The van der Waals surface area contributed by atoms with Crippen molar-refractivity contribution in [2.24, 2.45) is 5.92 Å². The minimum absolute atomic E-state index is 0.363. The summed E-state index contributed by atoms with van der Waals surface area (Å²) in [6, 6.07) is 0. The average Bonchev–Trinajstić information content (AvgIpc) is 2.17. The fraction of sp³-hybridized carbons (Fsp3) is 0.667. The van der Waals surface area contributed by atoms with Crippen LogP contribution in [0.1, 0.15) is 13.3 Å². The lowest BCUT2D eigenvalue weighted by Gasteiger charge is -2.04. The van der Waals surface area contributed by atoms with Gasteiger partial charge in [0.2, 0.25) is 0 Å². The summed E-state index contributed by atoms with van der Waals surface area (Å²) in [5, 5.41) is 0. The summed E-state index contributed by atoms with van der Waals surface area (Å²) in [6.07, 6.45) is 5.85. The van der Waals surface area contributed by atoms with Crippen molar-refractivity contribution in [2.45, 2.75) is 19.4 Å². The lowest BCUT2D eigenvalue weighted by molar-refractivity contribution is 0.286. The monoisotopic (exact) mass is 256 g/mol. The minimum Gasteiger partial charge on any atom is -0.298 e. The van der Waals surface area contributed by atoms with Gasteiger partial charge in [-0.2, -0.15) is 0 Å². The Morgan fingerprint density at radius 2 is 2.44 bits per heavy atom. The van der Waals surface area contributed by atoms with Crippen molar-refractivity contribution < 1.29 is 4.18 Å². The Kier molecular flexibility index (Phi) is 3.35. The highest BCUT2D eigenvalue weighted by molar-refractivity contribution is 14.2. The Morgan fingerprint density at radius 3 is 2.89 bits per heavy atom. The van der Waals surface area contributed by atoms with Gasteiger partial charge in [0.15, 0.2) is 0 Å². The highest BCUT2D eigenvalue weighted by Crippen LogP contribution is 2.25. The molecule has 0 aliphatic heterocycles. The molecular weight excluding hydrogens is 247 g/mol. The molecule has 1 aliphatic rings. The van der Waals surface area contributed by atoms with Crippen LogP contribution < -0.4 is 0 Å². The first kappa shape index (κ1) is 7.88. The summed E-state index contributed by atoms with van der Waals surface area (Å²) in [5.41, 5.74) is 0. The fourth-order valence-corrected chi connectivity index (χ4v) is 1.99. The Hall–Kier alpha value is 0.780. The molecule has 3 heteroatoms. The largest absolute Gasteiger partial charge is 0.298 e. The summed E-state index contributed by atoms with van der Waals surface area (Å²) in [5.74, 6) is 0.707. The van der Waals surface area contributed by atoms with Gasteiger partial charge >= 0.3 is 0 Å². The standard InChI is InChI=1S/C6H9IOS/c1-5-2-3-6(4-5)8-9-7/h2-3,5-6H,4H2,1H3/t5-,6+/m0/s1. The molecule has 2 atom stereocenters. The van der Waals surface area contributed by atoms with Gasteiger partial charge in [-0.1, -0.05) is 19.1 Å². The highest BCUT2D eigenvalue weighted by atomic mass is 127. The topological polar surface area (TPSA) is 9.23 Å². The molecule has 1 rings (SSSR count). The SMILES string of the molecule is C[C@H]1C=C[C@@H](OSI)C1. The molecule has 0 saturated heterocycles. The van der Waals surface area contributed by atoms with E-state index in [4.69, 9.17) is 4.18 Å². The predicted octanol–water partition coefficient (Wildman–Crippen LogP) is 2.97. The number of hydrogen-bond donors (Lipinski definition) is 0. The second-order valence-corrected chi connectivity index (χ2v) is 3.69. The van der Waals surface area contributed by atoms with E-state index >= 15 is 0 Å². The first-order valence-electron chi connectivity index (χ1n) is 2.95. The molecule has 0 unspecified atom stereocenters. The van der Waals surface area contributed by atoms with Crippen molar-refractivity contribution in [3.05, 3.63) is 12.2 Å². The minimum atomic E-state index is 0.363. The first-order chi connectivity index (χ1) is 4.33. The van der Waals surface area contributed by atoms with Crippen LogP contribution >= 0.6 is 30.4 Å². The molecule has 0 amide bonds. The molecule has 1 aliphatic carbocycles. The first-order valence-corrected chi connectivity index (χ1v) is 6.23. The summed E-state index contributed by atoms with van der Waals surface area (Å²) in [4.78, 5) is 0. The third-order valence-corrected chi connectivity index (χ3v) is 2.36. The molecular formula is C6H9IOS. The molecule has 0 spiro atoms. The van der Waals surface area contributed by atoms with Gasteiger partial charge in [-0.05, 0) is 12.3 Å². The van der Waals surface area contributed by atoms with Crippen molar-refractivity contribution in [1.29, 1.82) is 0 Å². The van der Waals surface area contributed by atoms with Gasteiger partial charge in [-0.25, -0.2) is 0 Å². The molecule has 52 valence electrons. The van der Waals surface area contributed by atoms with Gasteiger partial charge in [0.1, 0.15) is 0 Å². The quantitative estimate of drug-likeness (QED) is 0.426. The van der Waals surface area contributed by atoms with E-state index in [1.54, 1.807) is 0 Å². The molecule has 0 N–H and O–H groups in total. The van der Waals surface area contributed by atoms with E-state index in [-0.39, 0.29) is 0 Å². The zero-order valence-corrected chi connectivity index (χ0v) is 8.18. The van der Waals surface area contributed by atoms with E-state index in [9.17, 15) is 0 Å². The molecule has 0 aromatic rings. The molecule has 0 saturated carbocycles. The van der Waals surface area contributed by atoms with Crippen LogP contribution in [0, 0.1) is 5.92 Å². The van der Waals surface area contributed by atoms with E-state index in [0.29, 0.717) is 12.0 Å². The third kappa shape index (κ3) is 2.47. The Balaban J connectivity index is 2.24. The summed E-state index contributed by atoms with van der Waals surface area (Å²) in [7, 11) is 1.42. The van der Waals surface area contributed by atoms with E-state index in [2.05, 4.69) is 40.3 Å². The van der Waals surface area contributed by atoms with Crippen LogP contribution in [0.15, 0.2) is 12.2 Å². The maximum atomic E-state index is 5.29. The Labute approximate surface area is 72.0 Å². The fourth-order valence-electron chi connectivity index (χ4n) is 0.955. The average molecular weight is 256 g/mol. The van der Waals surface area contributed by atoms with Crippen LogP contribution in [0.3, 0.4) is 0 Å². The number of halogens is 1. The Morgan fingerprint density at radius 1 is 1.67 bits per heavy atom. The van der Waals surface area contributed by atoms with Gasteiger partial charge < -0.3 is 0 Å². The summed E-state index contributed by atoms with van der Waals surface area (Å²) < 4.78 is 5.29. The van der Waals surface area contributed by atoms with Crippen LogP contribution in [-0.4, -0.2) is 6.10 Å². The summed E-state index contributed by atoms with van der Waals surface area (Å²) in [6.45, 7) is 2.21. The van der Waals surface area contributed by atoms with Crippen LogP contribution in [0.25, 0.3) is 0 Å². The van der Waals surface area contributed by atoms with Crippen LogP contribution in [0.2, 0.25) is 0 Å². The lowest BCUT2D eigenvalue weighted by Crippen LogP contribution is -2.01. The lowest BCUT2D eigenvalue weighted by atomic mass is 10.1. The van der Waals surface area contributed by atoms with Gasteiger partial charge in [-0.15, -0.1) is 0 Å². The third-order valence-electron chi connectivity index (χ3n) is 1.42. The highest BCUT2D eigenvalue weighted by Gasteiger charge is 2.14. The second-order valence-electron chi connectivity index (χ2n) is 2.30. The molecule has 1 nitrogen and oxygen atoms in total. The molecule has 9 heavy (non-hydrogen) atoms. The number of rotatable bonds is 2. The second kappa shape index (κ2) is 3.83. The summed E-state index contributed by atoms with van der Waals surface area (Å²) >= 11 is 2.14. The number of hydrogen-bond acceptors (Lipinski definition) is 2. The van der Waals surface area contributed by atoms with Gasteiger partial charge in [0.25, 0.3) is 0 Å². The van der Waals surface area contributed by atoms with Crippen LogP contribution in [-0.2, 0) is 4.18 Å². The molecule has 0 radical (unpaired) electrons. The molecule has 0 bridgehead atoms. The molecule has 0 fully saturated rings. The molecule has 0 heterocycles. The van der Waals surface area contributed by atoms with Crippen LogP contribution in [0.4, 0.5) is 0 Å². The van der Waals surface area contributed by atoms with Crippen molar-refractivity contribution >= 4 is 30.4 Å². The number of allylic oxidation sites excluding steroid dienone is 1.